The maximum atomic E-state index is 13.8. The number of anilines is 1. The Morgan fingerprint density at radius 3 is 2.37 bits per heavy atom. The van der Waals surface area contributed by atoms with E-state index in [1.54, 1.807) is 10.9 Å². The number of aryl methyl sites for hydroxylation is 1. The fourth-order valence-electron chi connectivity index (χ4n) is 5.30. The molecule has 1 aliphatic carbocycles. The summed E-state index contributed by atoms with van der Waals surface area (Å²) in [5.74, 6) is -2.46. The Hall–Kier alpha value is -2.53. The summed E-state index contributed by atoms with van der Waals surface area (Å²) in [7, 11) is 1.81. The third kappa shape index (κ3) is 4.55. The van der Waals surface area contributed by atoms with Crippen LogP contribution in [0.15, 0.2) is 30.6 Å². The van der Waals surface area contributed by atoms with Gasteiger partial charge in [0.25, 0.3) is 0 Å². The van der Waals surface area contributed by atoms with Crippen LogP contribution in [0.5, 0.6) is 0 Å². The third-order valence-corrected chi connectivity index (χ3v) is 7.16. The van der Waals surface area contributed by atoms with E-state index in [1.807, 2.05) is 14.0 Å². The quantitative estimate of drug-likeness (QED) is 0.348. The van der Waals surface area contributed by atoms with E-state index >= 15 is 0 Å². The van der Waals surface area contributed by atoms with Gasteiger partial charge in [0.15, 0.2) is 17.0 Å². The second-order valence-corrected chi connectivity index (χ2v) is 9.81. The Morgan fingerprint density at radius 1 is 1.09 bits per heavy atom. The van der Waals surface area contributed by atoms with Crippen LogP contribution in [0.2, 0.25) is 5.28 Å². The molecule has 188 valence electrons. The van der Waals surface area contributed by atoms with Crippen molar-refractivity contribution in [2.75, 3.05) is 24.5 Å². The van der Waals surface area contributed by atoms with Crippen LogP contribution in [0.3, 0.4) is 0 Å². The smallest absolute Gasteiger partial charge is 0.349 e. The molecule has 0 amide bonds. The van der Waals surface area contributed by atoms with Gasteiger partial charge in [-0.1, -0.05) is 12.1 Å². The van der Waals surface area contributed by atoms with Gasteiger partial charge in [-0.3, -0.25) is 4.90 Å². The lowest BCUT2D eigenvalue weighted by Crippen LogP contribution is -2.56. The summed E-state index contributed by atoms with van der Waals surface area (Å²) >= 11 is 6.17. The molecule has 3 heterocycles. The largest absolute Gasteiger partial charge is 0.416 e. The molecule has 2 unspecified atom stereocenters. The minimum atomic E-state index is -4.45. The molecule has 3 aromatic rings. The number of piperazine rings is 1. The van der Waals surface area contributed by atoms with E-state index < -0.39 is 23.7 Å². The number of imidazole rings is 1. The van der Waals surface area contributed by atoms with Crippen LogP contribution >= 0.6 is 11.6 Å². The molecule has 5 rings (SSSR count). The molecule has 1 aromatic carbocycles. The summed E-state index contributed by atoms with van der Waals surface area (Å²) in [4.78, 5) is 17.2. The zero-order chi connectivity index (χ0) is 25.1. The number of rotatable bonds is 4. The minimum Gasteiger partial charge on any atom is -0.349 e. The summed E-state index contributed by atoms with van der Waals surface area (Å²) in [6.45, 7) is 3.56. The number of halogens is 6. The first-order valence-electron chi connectivity index (χ1n) is 11.3. The summed E-state index contributed by atoms with van der Waals surface area (Å²) in [5, 5.41) is 0.102. The predicted octanol–water partition coefficient (Wildman–Crippen LogP) is 5.33. The van der Waals surface area contributed by atoms with Crippen molar-refractivity contribution in [1.82, 2.24) is 24.4 Å². The van der Waals surface area contributed by atoms with Gasteiger partial charge in [-0.05, 0) is 42.1 Å². The van der Waals surface area contributed by atoms with Crippen molar-refractivity contribution < 1.29 is 22.0 Å². The predicted molar refractivity (Wildman–Crippen MR) is 122 cm³/mol. The van der Waals surface area contributed by atoms with Crippen molar-refractivity contribution in [2.24, 2.45) is 13.0 Å². The number of fused-ring (bicyclic) bond motifs is 1. The zero-order valence-corrected chi connectivity index (χ0v) is 19.9. The maximum absolute atomic E-state index is 13.8. The van der Waals surface area contributed by atoms with Crippen LogP contribution in [0.1, 0.15) is 36.9 Å². The van der Waals surface area contributed by atoms with Crippen LogP contribution in [-0.4, -0.2) is 56.0 Å². The standard InChI is InChI=1S/C23H24ClF5N6/c1-13-11-34(7-8-35(13)20-17-19(31-21(24)32-20)33(2)12-30-17)18(15-9-22(25,26)10-15)14-3-5-16(6-4-14)23(27,28)29/h3-6,12-13,15,18H,7-11H2,1-2H3. The van der Waals surface area contributed by atoms with Crippen molar-refractivity contribution in [2.45, 2.75) is 43.9 Å². The molecular weight excluding hydrogens is 491 g/mol. The van der Waals surface area contributed by atoms with Crippen LogP contribution in [-0.2, 0) is 13.2 Å². The zero-order valence-electron chi connectivity index (χ0n) is 19.1. The number of nitrogens with zero attached hydrogens (tertiary/aromatic N) is 6. The van der Waals surface area contributed by atoms with Crippen molar-refractivity contribution in [3.05, 3.63) is 47.0 Å². The molecule has 2 fully saturated rings. The van der Waals surface area contributed by atoms with Gasteiger partial charge in [0.1, 0.15) is 0 Å². The lowest BCUT2D eigenvalue weighted by molar-refractivity contribution is -0.137. The highest BCUT2D eigenvalue weighted by molar-refractivity contribution is 6.28. The van der Waals surface area contributed by atoms with Crippen molar-refractivity contribution in [3.8, 4) is 0 Å². The highest BCUT2D eigenvalue weighted by atomic mass is 35.5. The van der Waals surface area contributed by atoms with E-state index in [-0.39, 0.29) is 30.1 Å². The van der Waals surface area contributed by atoms with Crippen molar-refractivity contribution in [1.29, 1.82) is 0 Å². The van der Waals surface area contributed by atoms with Crippen molar-refractivity contribution >= 4 is 28.6 Å². The molecule has 0 bridgehead atoms. The van der Waals surface area contributed by atoms with Crippen molar-refractivity contribution in [3.63, 3.8) is 0 Å². The van der Waals surface area contributed by atoms with Crippen LogP contribution < -0.4 is 4.90 Å². The summed E-state index contributed by atoms with van der Waals surface area (Å²) in [6, 6.07) is 4.42. The van der Waals surface area contributed by atoms with E-state index in [4.69, 9.17) is 11.6 Å². The first-order chi connectivity index (χ1) is 16.4. The molecule has 0 radical (unpaired) electrons. The second kappa shape index (κ2) is 8.55. The summed E-state index contributed by atoms with van der Waals surface area (Å²) in [6.07, 6.45) is -3.36. The average Bonchev–Trinajstić information content (AvgIpc) is 3.13. The molecule has 0 spiro atoms. The number of hydrogen-bond acceptors (Lipinski definition) is 5. The fraction of sp³-hybridized carbons (Fsp3) is 0.522. The highest BCUT2D eigenvalue weighted by Gasteiger charge is 2.50. The molecule has 2 aromatic heterocycles. The van der Waals surface area contributed by atoms with Crippen LogP contribution in [0.4, 0.5) is 27.8 Å². The number of aromatic nitrogens is 4. The normalized spacial score (nSPS) is 22.4. The van der Waals surface area contributed by atoms with E-state index in [1.165, 1.54) is 12.1 Å². The molecular formula is C23H24ClF5N6. The fourth-order valence-corrected chi connectivity index (χ4v) is 5.46. The molecule has 1 saturated carbocycles. The lowest BCUT2D eigenvalue weighted by Gasteiger charge is -2.49. The van der Waals surface area contributed by atoms with Gasteiger partial charge in [-0.15, -0.1) is 0 Å². The Morgan fingerprint density at radius 2 is 1.77 bits per heavy atom. The minimum absolute atomic E-state index is 0.0718. The number of benzene rings is 1. The molecule has 2 atom stereocenters. The van der Waals surface area contributed by atoms with Gasteiger partial charge in [0.2, 0.25) is 11.2 Å². The van der Waals surface area contributed by atoms with E-state index in [9.17, 15) is 22.0 Å². The number of alkyl halides is 5. The Labute approximate surface area is 203 Å². The topological polar surface area (TPSA) is 50.1 Å². The van der Waals surface area contributed by atoms with Crippen LogP contribution in [0.25, 0.3) is 11.2 Å². The van der Waals surface area contributed by atoms with E-state index in [0.29, 0.717) is 42.2 Å². The van der Waals surface area contributed by atoms with Gasteiger partial charge in [0, 0.05) is 51.6 Å². The Bertz CT molecular complexity index is 1220. The molecule has 1 aliphatic heterocycles. The van der Waals surface area contributed by atoms with Gasteiger partial charge < -0.3 is 9.47 Å². The molecule has 1 saturated heterocycles. The van der Waals surface area contributed by atoms with E-state index in [2.05, 4.69) is 24.8 Å². The monoisotopic (exact) mass is 514 g/mol. The maximum Gasteiger partial charge on any atom is 0.416 e. The second-order valence-electron chi connectivity index (χ2n) is 9.47. The molecule has 12 heteroatoms. The molecule has 35 heavy (non-hydrogen) atoms. The van der Waals surface area contributed by atoms with Gasteiger partial charge >= 0.3 is 6.18 Å². The summed E-state index contributed by atoms with van der Waals surface area (Å²) in [5.41, 5.74) is 1.09. The Balaban J connectivity index is 1.41. The first kappa shape index (κ1) is 24.2. The summed E-state index contributed by atoms with van der Waals surface area (Å²) < 4.78 is 68.5. The van der Waals surface area contributed by atoms with Gasteiger partial charge in [0.05, 0.1) is 11.9 Å². The molecule has 2 aliphatic rings. The first-order valence-corrected chi connectivity index (χ1v) is 11.7. The van der Waals surface area contributed by atoms with Gasteiger partial charge in [-0.25, -0.2) is 13.8 Å². The molecule has 0 N–H and O–H groups in total. The van der Waals surface area contributed by atoms with E-state index in [0.717, 1.165) is 12.1 Å². The number of hydrogen-bond donors (Lipinski definition) is 0. The molecule has 6 nitrogen and oxygen atoms in total. The van der Waals surface area contributed by atoms with Gasteiger partial charge in [-0.2, -0.15) is 23.1 Å². The SMILES string of the molecule is CC1CN(C(c2ccc(C(F)(F)F)cc2)C2CC(F)(F)C2)CCN1c1nc(Cl)nc2c1ncn2C. The Kier molecular flexibility index (Phi) is 5.90. The lowest BCUT2D eigenvalue weighted by atomic mass is 9.73. The van der Waals surface area contributed by atoms with Crippen LogP contribution in [0, 0.1) is 5.92 Å². The third-order valence-electron chi connectivity index (χ3n) is 6.99. The highest BCUT2D eigenvalue weighted by Crippen LogP contribution is 2.51. The average molecular weight is 515 g/mol.